The number of rotatable bonds is 7. The number of sulfone groups is 1. The van der Waals surface area contributed by atoms with Gasteiger partial charge in [-0.05, 0) is 30.5 Å². The molecule has 0 aliphatic carbocycles. The highest BCUT2D eigenvalue weighted by Gasteiger charge is 2.23. The molecule has 1 aliphatic rings. The highest BCUT2D eigenvalue weighted by atomic mass is 32.2. The lowest BCUT2D eigenvalue weighted by Crippen LogP contribution is -2.25. The normalized spacial score (nSPS) is 19.1. The lowest BCUT2D eigenvalue weighted by atomic mass is 10.2. The Morgan fingerprint density at radius 3 is 2.65 bits per heavy atom. The predicted octanol–water partition coefficient (Wildman–Crippen LogP) is 1.12. The summed E-state index contributed by atoms with van der Waals surface area (Å²) >= 11 is 0. The first-order valence-electron chi connectivity index (χ1n) is 6.83. The van der Waals surface area contributed by atoms with E-state index in [1.165, 1.54) is 0 Å². The van der Waals surface area contributed by atoms with Gasteiger partial charge in [0.15, 0.2) is 9.84 Å². The summed E-state index contributed by atoms with van der Waals surface area (Å²) < 4.78 is 34.6. The van der Waals surface area contributed by atoms with Crippen LogP contribution in [0.5, 0.6) is 5.75 Å². The van der Waals surface area contributed by atoms with Crippen LogP contribution in [0.4, 0.5) is 0 Å². The second-order valence-electron chi connectivity index (χ2n) is 4.95. The quantitative estimate of drug-likeness (QED) is 0.816. The lowest BCUT2D eigenvalue weighted by molar-refractivity contribution is 0.127. The van der Waals surface area contributed by atoms with Gasteiger partial charge in [-0.25, -0.2) is 8.42 Å². The molecule has 6 heteroatoms. The molecule has 1 saturated heterocycles. The van der Waals surface area contributed by atoms with Crippen LogP contribution in [-0.2, 0) is 21.1 Å². The molecule has 1 unspecified atom stereocenters. The Bertz CT molecular complexity index is 506. The van der Waals surface area contributed by atoms with Crippen molar-refractivity contribution in [3.8, 4) is 5.75 Å². The lowest BCUT2D eigenvalue weighted by Gasteiger charge is -2.11. The van der Waals surface area contributed by atoms with Crippen LogP contribution in [-0.4, -0.2) is 39.2 Å². The molecule has 1 aliphatic heterocycles. The Balaban J connectivity index is 1.76. The molecule has 112 valence electrons. The molecule has 1 heterocycles. The SMILES string of the molecule is NCc1ccc(OCCS(=O)(=O)CC2CCCO2)cc1. The molecule has 1 aromatic carbocycles. The van der Waals surface area contributed by atoms with Crippen molar-refractivity contribution in [1.82, 2.24) is 0 Å². The summed E-state index contributed by atoms with van der Waals surface area (Å²) in [6.45, 7) is 1.32. The van der Waals surface area contributed by atoms with Crippen molar-refractivity contribution in [2.24, 2.45) is 5.73 Å². The van der Waals surface area contributed by atoms with Gasteiger partial charge in [-0.1, -0.05) is 12.1 Å². The van der Waals surface area contributed by atoms with Crippen LogP contribution >= 0.6 is 0 Å². The minimum Gasteiger partial charge on any atom is -0.493 e. The fraction of sp³-hybridized carbons (Fsp3) is 0.571. The van der Waals surface area contributed by atoms with E-state index in [0.29, 0.717) is 18.9 Å². The molecule has 2 rings (SSSR count). The number of hydrogen-bond donors (Lipinski definition) is 1. The second kappa shape index (κ2) is 7.06. The molecule has 0 radical (unpaired) electrons. The molecule has 20 heavy (non-hydrogen) atoms. The van der Waals surface area contributed by atoms with Gasteiger partial charge in [0.2, 0.25) is 0 Å². The molecular formula is C14H21NO4S. The summed E-state index contributed by atoms with van der Waals surface area (Å²) in [6, 6.07) is 7.34. The van der Waals surface area contributed by atoms with Crippen LogP contribution in [0.1, 0.15) is 18.4 Å². The van der Waals surface area contributed by atoms with Gasteiger partial charge in [-0.2, -0.15) is 0 Å². The number of hydrogen-bond acceptors (Lipinski definition) is 5. The van der Waals surface area contributed by atoms with Gasteiger partial charge in [0.1, 0.15) is 12.4 Å². The second-order valence-corrected chi connectivity index (χ2v) is 7.17. The summed E-state index contributed by atoms with van der Waals surface area (Å²) in [7, 11) is -3.12. The summed E-state index contributed by atoms with van der Waals surface area (Å²) in [5.74, 6) is 0.781. The largest absolute Gasteiger partial charge is 0.493 e. The Labute approximate surface area is 120 Å². The van der Waals surface area contributed by atoms with E-state index in [1.807, 2.05) is 12.1 Å². The third-order valence-electron chi connectivity index (χ3n) is 3.29. The fourth-order valence-electron chi connectivity index (χ4n) is 2.15. The third kappa shape index (κ3) is 4.77. The van der Waals surface area contributed by atoms with Gasteiger partial charge in [0.25, 0.3) is 0 Å². The van der Waals surface area contributed by atoms with Crippen LogP contribution in [0.3, 0.4) is 0 Å². The smallest absolute Gasteiger partial charge is 0.156 e. The molecule has 5 nitrogen and oxygen atoms in total. The monoisotopic (exact) mass is 299 g/mol. The van der Waals surface area contributed by atoms with Crippen LogP contribution in [0.25, 0.3) is 0 Å². The van der Waals surface area contributed by atoms with Gasteiger partial charge in [0, 0.05) is 13.2 Å². The minimum absolute atomic E-state index is 0.0193. The molecule has 0 saturated carbocycles. The van der Waals surface area contributed by atoms with E-state index < -0.39 is 9.84 Å². The maximum absolute atomic E-state index is 11.9. The van der Waals surface area contributed by atoms with Crippen molar-refractivity contribution in [2.45, 2.75) is 25.5 Å². The van der Waals surface area contributed by atoms with E-state index in [0.717, 1.165) is 18.4 Å². The van der Waals surface area contributed by atoms with Gasteiger partial charge in [-0.15, -0.1) is 0 Å². The Morgan fingerprint density at radius 1 is 1.30 bits per heavy atom. The molecule has 1 fully saturated rings. The van der Waals surface area contributed by atoms with Gasteiger partial charge in [0.05, 0.1) is 17.6 Å². The summed E-state index contributed by atoms with van der Waals surface area (Å²) in [6.07, 6.45) is 1.65. The summed E-state index contributed by atoms with van der Waals surface area (Å²) in [4.78, 5) is 0. The first-order valence-corrected chi connectivity index (χ1v) is 8.65. The average molecular weight is 299 g/mol. The van der Waals surface area contributed by atoms with Crippen molar-refractivity contribution in [1.29, 1.82) is 0 Å². The highest BCUT2D eigenvalue weighted by Crippen LogP contribution is 2.15. The Morgan fingerprint density at radius 2 is 2.05 bits per heavy atom. The number of nitrogens with two attached hydrogens (primary N) is 1. The zero-order valence-corrected chi connectivity index (χ0v) is 12.3. The van der Waals surface area contributed by atoms with Gasteiger partial charge < -0.3 is 15.2 Å². The van der Waals surface area contributed by atoms with E-state index in [1.54, 1.807) is 12.1 Å². The maximum atomic E-state index is 11.9. The summed E-state index contributed by atoms with van der Waals surface area (Å²) in [5.41, 5.74) is 6.52. The first-order chi connectivity index (χ1) is 9.59. The van der Waals surface area contributed by atoms with Crippen molar-refractivity contribution in [2.75, 3.05) is 24.7 Å². The van der Waals surface area contributed by atoms with Crippen LogP contribution in [0, 0.1) is 0 Å². The van der Waals surface area contributed by atoms with Crippen LogP contribution in [0.15, 0.2) is 24.3 Å². The molecule has 1 atom stereocenters. The topological polar surface area (TPSA) is 78.6 Å². The van der Waals surface area contributed by atoms with Gasteiger partial charge in [-0.3, -0.25) is 0 Å². The molecule has 2 N–H and O–H groups in total. The van der Waals surface area contributed by atoms with Crippen molar-refractivity contribution in [3.63, 3.8) is 0 Å². The first kappa shape index (κ1) is 15.3. The zero-order chi connectivity index (χ0) is 14.4. The molecule has 0 spiro atoms. The molecule has 0 bridgehead atoms. The molecular weight excluding hydrogens is 278 g/mol. The van der Waals surface area contributed by atoms with E-state index >= 15 is 0 Å². The average Bonchev–Trinajstić information content (AvgIpc) is 2.91. The van der Waals surface area contributed by atoms with Gasteiger partial charge >= 0.3 is 0 Å². The summed E-state index contributed by atoms with van der Waals surface area (Å²) in [5, 5.41) is 0. The van der Waals surface area contributed by atoms with E-state index in [-0.39, 0.29) is 24.2 Å². The van der Waals surface area contributed by atoms with Crippen LogP contribution in [0.2, 0.25) is 0 Å². The van der Waals surface area contributed by atoms with E-state index in [2.05, 4.69) is 0 Å². The standard InChI is InChI=1S/C14H21NO4S/c15-10-12-3-5-13(6-4-12)19-8-9-20(16,17)11-14-2-1-7-18-14/h3-6,14H,1-2,7-11,15H2. The van der Waals surface area contributed by atoms with Crippen molar-refractivity contribution in [3.05, 3.63) is 29.8 Å². The van der Waals surface area contributed by atoms with Crippen molar-refractivity contribution >= 4 is 9.84 Å². The fourth-order valence-corrected chi connectivity index (χ4v) is 3.48. The van der Waals surface area contributed by atoms with Crippen molar-refractivity contribution < 1.29 is 17.9 Å². The van der Waals surface area contributed by atoms with E-state index in [4.69, 9.17) is 15.2 Å². The number of benzene rings is 1. The zero-order valence-electron chi connectivity index (χ0n) is 11.5. The van der Waals surface area contributed by atoms with Crippen LogP contribution < -0.4 is 10.5 Å². The maximum Gasteiger partial charge on any atom is 0.156 e. The number of ether oxygens (including phenoxy) is 2. The Hall–Kier alpha value is -1.11. The van der Waals surface area contributed by atoms with E-state index in [9.17, 15) is 8.42 Å². The Kier molecular flexibility index (Phi) is 5.39. The molecule has 0 aromatic heterocycles. The predicted molar refractivity (Wildman–Crippen MR) is 77.5 cm³/mol. The third-order valence-corrected chi connectivity index (χ3v) is 4.95. The highest BCUT2D eigenvalue weighted by molar-refractivity contribution is 7.91. The molecule has 0 amide bonds. The minimum atomic E-state index is -3.12. The molecule has 1 aromatic rings.